The number of allylic oxidation sites excluding steroid dienone is 1. The van der Waals surface area contributed by atoms with Crippen LogP contribution in [0.2, 0.25) is 0 Å². The van der Waals surface area contributed by atoms with E-state index in [0.717, 1.165) is 5.56 Å². The van der Waals surface area contributed by atoms with Gasteiger partial charge in [-0.05, 0) is 39.8 Å². The second-order valence-electron chi connectivity index (χ2n) is 5.75. The second kappa shape index (κ2) is 7.34. The van der Waals surface area contributed by atoms with E-state index in [1.807, 2.05) is 45.0 Å². The van der Waals surface area contributed by atoms with Crippen molar-refractivity contribution in [3.8, 4) is 5.75 Å². The second-order valence-corrected chi connectivity index (χ2v) is 5.75. The van der Waals surface area contributed by atoms with Gasteiger partial charge in [0.05, 0.1) is 24.9 Å². The monoisotopic (exact) mass is 329 g/mol. The Morgan fingerprint density at radius 3 is 2.54 bits per heavy atom. The van der Waals surface area contributed by atoms with E-state index in [1.165, 1.54) is 7.11 Å². The molecule has 1 amide bonds. The van der Waals surface area contributed by atoms with Crippen molar-refractivity contribution in [3.05, 3.63) is 46.7 Å². The van der Waals surface area contributed by atoms with Gasteiger partial charge in [-0.15, -0.1) is 0 Å². The molecule has 0 fully saturated rings. The van der Waals surface area contributed by atoms with Crippen LogP contribution in [0.3, 0.4) is 0 Å². The lowest BCUT2D eigenvalue weighted by Crippen LogP contribution is -2.31. The van der Waals surface area contributed by atoms with Gasteiger partial charge in [-0.25, -0.2) is 4.79 Å². The molecule has 0 aromatic heterocycles. The zero-order valence-electron chi connectivity index (χ0n) is 14.8. The van der Waals surface area contributed by atoms with Crippen LogP contribution in [0.1, 0.15) is 33.3 Å². The number of rotatable bonds is 5. The lowest BCUT2D eigenvalue weighted by Gasteiger charge is -2.22. The van der Waals surface area contributed by atoms with Crippen LogP contribution in [-0.2, 0) is 14.3 Å². The van der Waals surface area contributed by atoms with Crippen molar-refractivity contribution in [1.29, 1.82) is 0 Å². The third-order valence-electron chi connectivity index (χ3n) is 3.87. The number of benzene rings is 1. The summed E-state index contributed by atoms with van der Waals surface area (Å²) in [7, 11) is 1.32. The minimum atomic E-state index is -0.510. The van der Waals surface area contributed by atoms with Gasteiger partial charge in [0.2, 0.25) is 0 Å². The zero-order chi connectivity index (χ0) is 17.9. The number of carbonyl (C=O) groups excluding carboxylic acids is 2. The summed E-state index contributed by atoms with van der Waals surface area (Å²) in [4.78, 5) is 26.7. The Bertz CT molecular complexity index is 716. The number of nitrogens with zero attached hydrogens (tertiary/aromatic N) is 1. The Kier molecular flexibility index (Phi) is 5.44. The normalized spacial score (nSPS) is 16.3. The maximum atomic E-state index is 12.8. The lowest BCUT2D eigenvalue weighted by molar-refractivity contribution is -0.136. The van der Waals surface area contributed by atoms with Gasteiger partial charge in [0.15, 0.2) is 0 Å². The molecule has 2 rings (SSSR count). The third kappa shape index (κ3) is 3.20. The van der Waals surface area contributed by atoms with E-state index >= 15 is 0 Å². The van der Waals surface area contributed by atoms with Gasteiger partial charge < -0.3 is 14.4 Å². The van der Waals surface area contributed by atoms with Crippen LogP contribution >= 0.6 is 0 Å². The summed E-state index contributed by atoms with van der Waals surface area (Å²) in [5, 5.41) is 0. The summed E-state index contributed by atoms with van der Waals surface area (Å²) >= 11 is 0. The van der Waals surface area contributed by atoms with Crippen LogP contribution in [0.5, 0.6) is 5.75 Å². The van der Waals surface area contributed by atoms with Gasteiger partial charge in [0, 0.05) is 17.3 Å². The van der Waals surface area contributed by atoms with Crippen molar-refractivity contribution >= 4 is 18.0 Å². The van der Waals surface area contributed by atoms with E-state index in [-0.39, 0.29) is 11.9 Å². The highest BCUT2D eigenvalue weighted by molar-refractivity contribution is 6.16. The van der Waals surface area contributed by atoms with Gasteiger partial charge in [-0.3, -0.25) is 4.79 Å². The SMILES string of the molecule is CCOc1ccccc1/C=C1\C(=O)N(C(C)C)C(C)=C1C(=O)OC. The molecule has 0 spiro atoms. The maximum absolute atomic E-state index is 12.8. The highest BCUT2D eigenvalue weighted by atomic mass is 16.5. The quantitative estimate of drug-likeness (QED) is 0.615. The van der Waals surface area contributed by atoms with Crippen LogP contribution in [0.4, 0.5) is 0 Å². The van der Waals surface area contributed by atoms with Gasteiger partial charge >= 0.3 is 5.97 Å². The standard InChI is InChI=1S/C19H23NO4/c1-6-24-16-10-8-7-9-14(16)11-15-17(19(22)23-5)13(4)20(12(2)3)18(15)21/h7-12H,6H2,1-5H3/b15-11-. The van der Waals surface area contributed by atoms with Crippen LogP contribution in [0, 0.1) is 0 Å². The van der Waals surface area contributed by atoms with Crippen molar-refractivity contribution in [1.82, 2.24) is 4.90 Å². The summed E-state index contributed by atoms with van der Waals surface area (Å²) in [5.41, 5.74) is 2.01. The Morgan fingerprint density at radius 1 is 1.29 bits per heavy atom. The first kappa shape index (κ1) is 17.8. The van der Waals surface area contributed by atoms with Crippen molar-refractivity contribution in [2.75, 3.05) is 13.7 Å². The third-order valence-corrected chi connectivity index (χ3v) is 3.87. The molecule has 0 radical (unpaired) electrons. The van der Waals surface area contributed by atoms with Crippen LogP contribution in [-0.4, -0.2) is 36.5 Å². The molecule has 1 aliphatic rings. The number of ether oxygens (including phenoxy) is 2. The molecule has 1 aliphatic heterocycles. The van der Waals surface area contributed by atoms with E-state index in [1.54, 1.807) is 17.9 Å². The Balaban J connectivity index is 2.59. The van der Waals surface area contributed by atoms with Crippen LogP contribution < -0.4 is 4.74 Å². The molecule has 128 valence electrons. The van der Waals surface area contributed by atoms with E-state index in [9.17, 15) is 9.59 Å². The predicted molar refractivity (Wildman–Crippen MR) is 92.3 cm³/mol. The molecule has 1 aromatic carbocycles. The van der Waals surface area contributed by atoms with E-state index in [4.69, 9.17) is 9.47 Å². The number of methoxy groups -OCH3 is 1. The molecule has 1 heterocycles. The zero-order valence-corrected chi connectivity index (χ0v) is 14.8. The minimum absolute atomic E-state index is 0.0507. The van der Waals surface area contributed by atoms with Crippen LogP contribution in [0.25, 0.3) is 6.08 Å². The largest absolute Gasteiger partial charge is 0.493 e. The van der Waals surface area contributed by atoms with Gasteiger partial charge in [-0.2, -0.15) is 0 Å². The van der Waals surface area contributed by atoms with Gasteiger partial charge in [0.1, 0.15) is 5.75 Å². The number of esters is 1. The lowest BCUT2D eigenvalue weighted by atomic mass is 10.0. The molecule has 0 unspecified atom stereocenters. The number of carbonyl (C=O) groups is 2. The summed E-state index contributed by atoms with van der Waals surface area (Å²) in [6.07, 6.45) is 1.70. The molecule has 5 nitrogen and oxygen atoms in total. The molecular weight excluding hydrogens is 306 g/mol. The summed E-state index contributed by atoms with van der Waals surface area (Å²) in [5.74, 6) is -0.0384. The smallest absolute Gasteiger partial charge is 0.340 e. The van der Waals surface area contributed by atoms with Crippen molar-refractivity contribution in [2.45, 2.75) is 33.7 Å². The van der Waals surface area contributed by atoms with Crippen molar-refractivity contribution in [2.24, 2.45) is 0 Å². The molecular formula is C19H23NO4. The first-order valence-corrected chi connectivity index (χ1v) is 7.99. The fourth-order valence-corrected chi connectivity index (χ4v) is 2.86. The minimum Gasteiger partial charge on any atom is -0.493 e. The highest BCUT2D eigenvalue weighted by Gasteiger charge is 2.38. The van der Waals surface area contributed by atoms with E-state index in [2.05, 4.69) is 0 Å². The molecule has 0 N–H and O–H groups in total. The predicted octanol–water partition coefficient (Wildman–Crippen LogP) is 3.17. The molecule has 1 aromatic rings. The van der Waals surface area contributed by atoms with Crippen LogP contribution in [0.15, 0.2) is 41.1 Å². The summed E-state index contributed by atoms with van der Waals surface area (Å²) in [6.45, 7) is 8.00. The van der Waals surface area contributed by atoms with E-state index in [0.29, 0.717) is 29.2 Å². The fraction of sp³-hybridized carbons (Fsp3) is 0.368. The van der Waals surface area contributed by atoms with Gasteiger partial charge in [-0.1, -0.05) is 18.2 Å². The average molecular weight is 329 g/mol. The fourth-order valence-electron chi connectivity index (χ4n) is 2.86. The topological polar surface area (TPSA) is 55.8 Å². The molecule has 0 aliphatic carbocycles. The maximum Gasteiger partial charge on any atom is 0.340 e. The Hall–Kier alpha value is -2.56. The average Bonchev–Trinajstić information content (AvgIpc) is 2.79. The van der Waals surface area contributed by atoms with Crippen molar-refractivity contribution < 1.29 is 19.1 Å². The first-order valence-electron chi connectivity index (χ1n) is 7.99. The number of hydrogen-bond donors (Lipinski definition) is 0. The molecule has 0 bridgehead atoms. The van der Waals surface area contributed by atoms with E-state index < -0.39 is 5.97 Å². The molecule has 24 heavy (non-hydrogen) atoms. The number of para-hydroxylation sites is 1. The Morgan fingerprint density at radius 2 is 1.96 bits per heavy atom. The van der Waals surface area contributed by atoms with Crippen molar-refractivity contribution in [3.63, 3.8) is 0 Å². The summed E-state index contributed by atoms with van der Waals surface area (Å²) < 4.78 is 10.5. The molecule has 0 saturated heterocycles. The highest BCUT2D eigenvalue weighted by Crippen LogP contribution is 2.34. The number of hydrogen-bond acceptors (Lipinski definition) is 4. The Labute approximate surface area is 142 Å². The molecule has 0 saturated carbocycles. The molecule has 5 heteroatoms. The first-order chi connectivity index (χ1) is 11.4. The number of amides is 1. The van der Waals surface area contributed by atoms with Gasteiger partial charge in [0.25, 0.3) is 5.91 Å². The summed E-state index contributed by atoms with van der Waals surface area (Å²) in [6, 6.07) is 7.37. The molecule has 0 atom stereocenters.